The Bertz CT molecular complexity index is 609. The lowest BCUT2D eigenvalue weighted by Crippen LogP contribution is -2.37. The second kappa shape index (κ2) is 9.66. The van der Waals surface area contributed by atoms with Crippen molar-refractivity contribution in [3.8, 4) is 0 Å². The van der Waals surface area contributed by atoms with Gasteiger partial charge in [0.1, 0.15) is 0 Å². The second-order valence-electron chi connectivity index (χ2n) is 6.88. The van der Waals surface area contributed by atoms with Gasteiger partial charge >= 0.3 is 0 Å². The lowest BCUT2D eigenvalue weighted by atomic mass is 10.1. The van der Waals surface area contributed by atoms with Crippen LogP contribution in [0, 0.1) is 6.92 Å². The molecule has 134 valence electrons. The summed E-state index contributed by atoms with van der Waals surface area (Å²) >= 11 is 0. The molecule has 0 spiro atoms. The molecule has 0 amide bonds. The van der Waals surface area contributed by atoms with Gasteiger partial charge in [0.05, 0.1) is 0 Å². The first-order valence-electron chi connectivity index (χ1n) is 9.44. The fourth-order valence-electron chi connectivity index (χ4n) is 3.19. The van der Waals surface area contributed by atoms with Gasteiger partial charge < -0.3 is 10.6 Å². The summed E-state index contributed by atoms with van der Waals surface area (Å²) in [6.45, 7) is 9.33. The molecule has 0 atom stereocenters. The molecule has 0 saturated carbocycles. The Hall–Kier alpha value is -1.75. The van der Waals surface area contributed by atoms with E-state index in [4.69, 9.17) is 4.98 Å². The molecule has 0 unspecified atom stereocenters. The second-order valence-corrected chi connectivity index (χ2v) is 6.88. The number of hydrogen-bond acceptors (Lipinski definition) is 4. The minimum Gasteiger partial charge on any atom is -0.315 e. The zero-order valence-electron chi connectivity index (χ0n) is 15.3. The number of rotatable bonds is 2. The van der Waals surface area contributed by atoms with Gasteiger partial charge in [-0.15, -0.1) is 0 Å². The van der Waals surface area contributed by atoms with E-state index in [9.17, 15) is 0 Å². The number of nitrogens with one attached hydrogen (secondary N) is 2. The third-order valence-corrected chi connectivity index (χ3v) is 4.72. The van der Waals surface area contributed by atoms with E-state index >= 15 is 0 Å². The molecule has 1 aliphatic rings. The summed E-state index contributed by atoms with van der Waals surface area (Å²) in [6, 6.07) is 15.3. The van der Waals surface area contributed by atoms with Crippen molar-refractivity contribution in [3.05, 3.63) is 65.0 Å². The summed E-state index contributed by atoms with van der Waals surface area (Å²) in [5.74, 6) is 0. The van der Waals surface area contributed by atoms with Crippen molar-refractivity contribution in [2.24, 2.45) is 0 Å². The standard InChI is InChI=1S/C21H30N4/c1-18-5-7-19(8-6-18)17-25-15-13-22-11-9-20-3-2-4-21(24-20)10-12-23-14-16-25/h2-8,22-23H,9-17H2,1H3. The normalized spacial score (nSPS) is 17.8. The maximum atomic E-state index is 4.75. The first-order chi connectivity index (χ1) is 12.3. The number of nitrogens with zero attached hydrogens (tertiary/aromatic N) is 2. The van der Waals surface area contributed by atoms with Gasteiger partial charge in [0, 0.05) is 70.0 Å². The summed E-state index contributed by atoms with van der Waals surface area (Å²) in [7, 11) is 0. The number of benzene rings is 1. The molecule has 2 N–H and O–H groups in total. The number of aryl methyl sites for hydroxylation is 1. The van der Waals surface area contributed by atoms with E-state index in [1.165, 1.54) is 22.5 Å². The largest absolute Gasteiger partial charge is 0.315 e. The minimum atomic E-state index is 0.993. The molecule has 1 aromatic carbocycles. The number of hydrogen-bond donors (Lipinski definition) is 2. The average Bonchev–Trinajstić information content (AvgIpc) is 2.62. The molecule has 0 fully saturated rings. The smallest absolute Gasteiger partial charge is 0.0419 e. The Morgan fingerprint density at radius 3 is 2.04 bits per heavy atom. The molecule has 2 aromatic rings. The summed E-state index contributed by atoms with van der Waals surface area (Å²) < 4.78 is 0. The molecular formula is C21H30N4. The van der Waals surface area contributed by atoms with E-state index in [1.807, 2.05) is 0 Å². The van der Waals surface area contributed by atoms with Crippen LogP contribution in [0.15, 0.2) is 42.5 Å². The van der Waals surface area contributed by atoms with Crippen molar-refractivity contribution in [3.63, 3.8) is 0 Å². The van der Waals surface area contributed by atoms with Crippen LogP contribution in [0.25, 0.3) is 0 Å². The van der Waals surface area contributed by atoms with Crippen LogP contribution >= 0.6 is 0 Å². The molecule has 4 nitrogen and oxygen atoms in total. The first-order valence-corrected chi connectivity index (χ1v) is 9.44. The van der Waals surface area contributed by atoms with Gasteiger partial charge in [-0.3, -0.25) is 9.88 Å². The minimum absolute atomic E-state index is 0.993. The summed E-state index contributed by atoms with van der Waals surface area (Å²) in [6.07, 6.45) is 2.00. The maximum absolute atomic E-state index is 4.75. The highest BCUT2D eigenvalue weighted by Crippen LogP contribution is 2.07. The predicted octanol–water partition coefficient (Wildman–Crippen LogP) is 2.17. The van der Waals surface area contributed by atoms with Gasteiger partial charge in [-0.05, 0) is 24.6 Å². The third kappa shape index (κ3) is 6.24. The van der Waals surface area contributed by atoms with Crippen LogP contribution in [-0.2, 0) is 19.4 Å². The number of fused-ring (bicyclic) bond motifs is 2. The average molecular weight is 338 g/mol. The van der Waals surface area contributed by atoms with Crippen LogP contribution in [0.2, 0.25) is 0 Å². The topological polar surface area (TPSA) is 40.2 Å². The van der Waals surface area contributed by atoms with Crippen molar-refractivity contribution in [1.82, 2.24) is 20.5 Å². The molecule has 2 heterocycles. The van der Waals surface area contributed by atoms with E-state index in [0.717, 1.165) is 58.7 Å². The number of pyridine rings is 1. The van der Waals surface area contributed by atoms with E-state index < -0.39 is 0 Å². The molecule has 2 bridgehead atoms. The van der Waals surface area contributed by atoms with Crippen molar-refractivity contribution >= 4 is 0 Å². The van der Waals surface area contributed by atoms with Crippen molar-refractivity contribution in [2.45, 2.75) is 26.3 Å². The quantitative estimate of drug-likeness (QED) is 0.880. The third-order valence-electron chi connectivity index (χ3n) is 4.72. The highest BCUT2D eigenvalue weighted by atomic mass is 15.1. The van der Waals surface area contributed by atoms with Crippen LogP contribution in [0.3, 0.4) is 0 Å². The number of aromatic nitrogens is 1. The van der Waals surface area contributed by atoms with Gasteiger partial charge in [-0.2, -0.15) is 0 Å². The molecule has 0 aliphatic carbocycles. The Kier molecular flexibility index (Phi) is 6.98. The van der Waals surface area contributed by atoms with Gasteiger partial charge in [0.25, 0.3) is 0 Å². The Morgan fingerprint density at radius 1 is 0.840 bits per heavy atom. The van der Waals surface area contributed by atoms with E-state index in [2.05, 4.69) is 64.9 Å². The molecule has 0 radical (unpaired) electrons. The van der Waals surface area contributed by atoms with Gasteiger partial charge in [-0.1, -0.05) is 35.9 Å². The van der Waals surface area contributed by atoms with E-state index in [-0.39, 0.29) is 0 Å². The van der Waals surface area contributed by atoms with Crippen molar-refractivity contribution < 1.29 is 0 Å². The van der Waals surface area contributed by atoms with Crippen molar-refractivity contribution in [2.75, 3.05) is 39.3 Å². The maximum Gasteiger partial charge on any atom is 0.0419 e. The molecule has 1 aliphatic heterocycles. The van der Waals surface area contributed by atoms with Crippen LogP contribution in [-0.4, -0.2) is 49.2 Å². The fourth-order valence-corrected chi connectivity index (χ4v) is 3.19. The van der Waals surface area contributed by atoms with E-state index in [0.29, 0.717) is 0 Å². The van der Waals surface area contributed by atoms with Crippen LogP contribution < -0.4 is 10.6 Å². The van der Waals surface area contributed by atoms with Crippen LogP contribution in [0.5, 0.6) is 0 Å². The Balaban J connectivity index is 1.56. The summed E-state index contributed by atoms with van der Waals surface area (Å²) in [5, 5.41) is 7.14. The zero-order chi connectivity index (χ0) is 17.3. The Labute approximate surface area is 151 Å². The van der Waals surface area contributed by atoms with E-state index in [1.54, 1.807) is 0 Å². The fraction of sp³-hybridized carbons (Fsp3) is 0.476. The SMILES string of the molecule is Cc1ccc(CN2CCNCCc3cccc(n3)CCNCC2)cc1. The summed E-state index contributed by atoms with van der Waals surface area (Å²) in [4.78, 5) is 7.28. The molecule has 3 rings (SSSR count). The molecule has 1 aromatic heterocycles. The molecule has 0 saturated heterocycles. The van der Waals surface area contributed by atoms with Gasteiger partial charge in [-0.25, -0.2) is 0 Å². The first kappa shape index (κ1) is 18.1. The highest BCUT2D eigenvalue weighted by molar-refractivity contribution is 5.21. The molecular weight excluding hydrogens is 308 g/mol. The lowest BCUT2D eigenvalue weighted by Gasteiger charge is -2.23. The van der Waals surface area contributed by atoms with Gasteiger partial charge in [0.2, 0.25) is 0 Å². The Morgan fingerprint density at radius 2 is 1.44 bits per heavy atom. The van der Waals surface area contributed by atoms with Crippen molar-refractivity contribution in [1.29, 1.82) is 0 Å². The lowest BCUT2D eigenvalue weighted by molar-refractivity contribution is 0.265. The molecule has 25 heavy (non-hydrogen) atoms. The highest BCUT2D eigenvalue weighted by Gasteiger charge is 2.07. The van der Waals surface area contributed by atoms with Crippen LogP contribution in [0.1, 0.15) is 22.5 Å². The molecule has 4 heteroatoms. The monoisotopic (exact) mass is 338 g/mol. The predicted molar refractivity (Wildman–Crippen MR) is 104 cm³/mol. The zero-order valence-corrected chi connectivity index (χ0v) is 15.3. The summed E-state index contributed by atoms with van der Waals surface area (Å²) in [5.41, 5.74) is 5.10. The van der Waals surface area contributed by atoms with Gasteiger partial charge in [0.15, 0.2) is 0 Å². The van der Waals surface area contributed by atoms with Crippen LogP contribution in [0.4, 0.5) is 0 Å².